The zero-order valence-electron chi connectivity index (χ0n) is 7.67. The van der Waals surface area contributed by atoms with Gasteiger partial charge in [-0.1, -0.05) is 0 Å². The van der Waals surface area contributed by atoms with E-state index >= 15 is 0 Å². The molecule has 1 atom stereocenters. The van der Waals surface area contributed by atoms with Gasteiger partial charge < -0.3 is 15.0 Å². The van der Waals surface area contributed by atoms with Gasteiger partial charge in [-0.25, -0.2) is 4.98 Å². The average molecular weight is 227 g/mol. The molecule has 0 radical (unpaired) electrons. The third-order valence-corrected chi connectivity index (χ3v) is 2.53. The maximum Gasteiger partial charge on any atom is 0.278 e. The monoisotopic (exact) mass is 227 g/mol. The zero-order valence-corrected chi connectivity index (χ0v) is 8.57. The van der Waals surface area contributed by atoms with Gasteiger partial charge in [0.1, 0.15) is 0 Å². The van der Waals surface area contributed by atoms with Crippen LogP contribution in [0.4, 0.5) is 5.69 Å². The summed E-state index contributed by atoms with van der Waals surface area (Å²) >= 11 is 4.15. The molecule has 0 aromatic carbocycles. The lowest BCUT2D eigenvalue weighted by Crippen LogP contribution is -2.30. The van der Waals surface area contributed by atoms with Crippen LogP contribution in [0.1, 0.15) is 6.42 Å². The number of amides is 1. The minimum Gasteiger partial charge on any atom is -0.492 e. The molecule has 1 fully saturated rings. The van der Waals surface area contributed by atoms with E-state index in [4.69, 9.17) is 0 Å². The lowest BCUT2D eigenvalue weighted by molar-refractivity contribution is -0.117. The van der Waals surface area contributed by atoms with Gasteiger partial charge in [0.25, 0.3) is 5.56 Å². The minimum atomic E-state index is -0.529. The molecular weight excluding hydrogens is 218 g/mol. The highest BCUT2D eigenvalue weighted by molar-refractivity contribution is 7.81. The number of carbonyl (C=O) groups is 1. The zero-order chi connectivity index (χ0) is 11.0. The van der Waals surface area contributed by atoms with Gasteiger partial charge in [-0.15, -0.1) is 0 Å². The number of rotatable bonds is 1. The van der Waals surface area contributed by atoms with E-state index in [9.17, 15) is 14.7 Å². The molecule has 1 amide bonds. The topological polar surface area (TPSA) is 86.3 Å². The second-order valence-corrected chi connectivity index (χ2v) is 4.00. The number of nitrogens with one attached hydrogen (secondary N) is 1. The van der Waals surface area contributed by atoms with Crippen molar-refractivity contribution in [1.29, 1.82) is 0 Å². The van der Waals surface area contributed by atoms with Gasteiger partial charge in [0, 0.05) is 18.2 Å². The Morgan fingerprint density at radius 1 is 1.60 bits per heavy atom. The highest BCUT2D eigenvalue weighted by Gasteiger charge is 2.32. The number of hydrogen-bond acceptors (Lipinski definition) is 5. The largest absolute Gasteiger partial charge is 0.492 e. The summed E-state index contributed by atoms with van der Waals surface area (Å²) in [6.07, 6.45) is 1.34. The molecule has 1 aromatic heterocycles. The Morgan fingerprint density at radius 3 is 2.87 bits per heavy atom. The molecule has 15 heavy (non-hydrogen) atoms. The first-order chi connectivity index (χ1) is 7.09. The van der Waals surface area contributed by atoms with Crippen molar-refractivity contribution >= 4 is 24.2 Å². The van der Waals surface area contributed by atoms with Crippen molar-refractivity contribution < 1.29 is 9.90 Å². The van der Waals surface area contributed by atoms with Crippen LogP contribution < -0.4 is 10.5 Å². The molecule has 80 valence electrons. The smallest absolute Gasteiger partial charge is 0.278 e. The summed E-state index contributed by atoms with van der Waals surface area (Å²) in [6, 6.07) is 0. The number of carbonyl (C=O) groups excluding carboxylic acids is 1. The molecule has 0 spiro atoms. The molecule has 1 unspecified atom stereocenters. The van der Waals surface area contributed by atoms with E-state index in [0.29, 0.717) is 6.54 Å². The first-order valence-electron chi connectivity index (χ1n) is 4.34. The lowest BCUT2D eigenvalue weighted by atomic mass is 10.4. The molecule has 2 N–H and O–H groups in total. The van der Waals surface area contributed by atoms with E-state index in [1.54, 1.807) is 0 Å². The fourth-order valence-electron chi connectivity index (χ4n) is 1.53. The van der Waals surface area contributed by atoms with E-state index < -0.39 is 11.4 Å². The summed E-state index contributed by atoms with van der Waals surface area (Å²) < 4.78 is 0. The quantitative estimate of drug-likeness (QED) is 0.565. The highest BCUT2D eigenvalue weighted by atomic mass is 32.1. The number of hydrogen-bond donors (Lipinski definition) is 3. The number of nitrogens with zero attached hydrogens (tertiary/aromatic N) is 2. The van der Waals surface area contributed by atoms with Crippen molar-refractivity contribution in [2.45, 2.75) is 11.7 Å². The van der Waals surface area contributed by atoms with Gasteiger partial charge in [-0.3, -0.25) is 9.59 Å². The fraction of sp³-hybridized carbons (Fsp3) is 0.375. The molecule has 0 aliphatic carbocycles. The van der Waals surface area contributed by atoms with Gasteiger partial charge in [-0.2, -0.15) is 12.6 Å². The van der Waals surface area contributed by atoms with Crippen LogP contribution in [0.3, 0.4) is 0 Å². The molecule has 2 rings (SSSR count). The molecule has 0 bridgehead atoms. The summed E-state index contributed by atoms with van der Waals surface area (Å²) in [5.74, 6) is -0.668. The van der Waals surface area contributed by atoms with Crippen molar-refractivity contribution in [2.24, 2.45) is 0 Å². The van der Waals surface area contributed by atoms with Crippen LogP contribution in [0.2, 0.25) is 0 Å². The van der Waals surface area contributed by atoms with Crippen molar-refractivity contribution in [3.05, 3.63) is 16.7 Å². The molecule has 1 aromatic rings. The fourth-order valence-corrected chi connectivity index (χ4v) is 1.85. The summed E-state index contributed by atoms with van der Waals surface area (Å²) in [5.41, 5.74) is -0.627. The first kappa shape index (κ1) is 10.0. The molecule has 7 heteroatoms. The maximum atomic E-state index is 11.5. The van der Waals surface area contributed by atoms with Crippen LogP contribution in [-0.2, 0) is 4.79 Å². The van der Waals surface area contributed by atoms with Crippen LogP contribution in [0, 0.1) is 0 Å². The molecule has 2 heterocycles. The van der Waals surface area contributed by atoms with Crippen LogP contribution in [0.5, 0.6) is 5.88 Å². The van der Waals surface area contributed by atoms with E-state index in [0.717, 1.165) is 6.33 Å². The molecule has 1 aliphatic heterocycles. The maximum absolute atomic E-state index is 11.5. The summed E-state index contributed by atoms with van der Waals surface area (Å²) in [4.78, 5) is 29.9. The van der Waals surface area contributed by atoms with Crippen LogP contribution in [0.25, 0.3) is 0 Å². The number of thiol groups is 1. The Labute approximate surface area is 90.4 Å². The van der Waals surface area contributed by atoms with Crippen LogP contribution in [-0.4, -0.2) is 32.8 Å². The van der Waals surface area contributed by atoms with Gasteiger partial charge in [0.05, 0.1) is 6.33 Å². The summed E-state index contributed by atoms with van der Waals surface area (Å²) in [5, 5.41) is 9.29. The van der Waals surface area contributed by atoms with E-state index in [1.165, 1.54) is 4.90 Å². The normalized spacial score (nSPS) is 21.0. The first-order valence-corrected chi connectivity index (χ1v) is 4.86. The third kappa shape index (κ3) is 1.70. The van der Waals surface area contributed by atoms with Gasteiger partial charge in [-0.05, 0) is 0 Å². The van der Waals surface area contributed by atoms with Crippen molar-refractivity contribution in [2.75, 3.05) is 11.4 Å². The van der Waals surface area contributed by atoms with E-state index in [2.05, 4.69) is 22.6 Å². The Balaban J connectivity index is 2.46. The predicted molar refractivity (Wildman–Crippen MR) is 56.3 cm³/mol. The number of aromatic amines is 1. The van der Waals surface area contributed by atoms with Crippen molar-refractivity contribution in [1.82, 2.24) is 9.97 Å². The number of aromatic hydroxyl groups is 1. The van der Waals surface area contributed by atoms with E-state index in [-0.39, 0.29) is 23.3 Å². The highest BCUT2D eigenvalue weighted by Crippen LogP contribution is 2.25. The minimum absolute atomic E-state index is 0.0981. The molecule has 1 saturated heterocycles. The SMILES string of the molecule is O=C1CC(S)CN1c1c(O)nc[nH]c1=O. The molecule has 0 saturated carbocycles. The number of H-pyrrole nitrogens is 1. The van der Waals surface area contributed by atoms with Crippen LogP contribution >= 0.6 is 12.6 Å². The Bertz CT molecular complexity index is 459. The third-order valence-electron chi connectivity index (χ3n) is 2.18. The van der Waals surface area contributed by atoms with Gasteiger partial charge in [0.15, 0.2) is 5.69 Å². The van der Waals surface area contributed by atoms with Crippen molar-refractivity contribution in [3.63, 3.8) is 0 Å². The standard InChI is InChI=1S/C8H9N3O3S/c12-5-1-4(15)2-11(5)6-7(13)9-3-10-8(6)14/h3-4,15H,1-2H2,(H2,9,10,13,14). The van der Waals surface area contributed by atoms with Gasteiger partial charge in [0.2, 0.25) is 11.8 Å². The molecule has 6 nitrogen and oxygen atoms in total. The summed E-state index contributed by atoms with van der Waals surface area (Å²) in [6.45, 7) is 0.310. The second kappa shape index (κ2) is 3.58. The second-order valence-electron chi connectivity index (χ2n) is 3.27. The average Bonchev–Trinajstić information content (AvgIpc) is 2.45. The van der Waals surface area contributed by atoms with Crippen molar-refractivity contribution in [3.8, 4) is 5.88 Å². The Hall–Kier alpha value is -1.50. The Morgan fingerprint density at radius 2 is 2.33 bits per heavy atom. The van der Waals surface area contributed by atoms with Gasteiger partial charge >= 0.3 is 0 Å². The van der Waals surface area contributed by atoms with Crippen LogP contribution in [0.15, 0.2) is 11.1 Å². The molecule has 1 aliphatic rings. The van der Waals surface area contributed by atoms with E-state index in [1.807, 2.05) is 0 Å². The number of anilines is 1. The Kier molecular flexibility index (Phi) is 2.39. The number of aromatic nitrogens is 2. The lowest BCUT2D eigenvalue weighted by Gasteiger charge is -2.14. The predicted octanol–water partition coefficient (Wildman–Crippen LogP) is -0.489. The summed E-state index contributed by atoms with van der Waals surface area (Å²) in [7, 11) is 0. The molecular formula is C8H9N3O3S.